The van der Waals surface area contributed by atoms with Crippen LogP contribution >= 0.6 is 0 Å². The van der Waals surface area contributed by atoms with Gasteiger partial charge in [-0.2, -0.15) is 0 Å². The van der Waals surface area contributed by atoms with Crippen LogP contribution in [0, 0.1) is 11.6 Å². The molecule has 4 rings (SSSR count). The van der Waals surface area contributed by atoms with E-state index in [1.165, 1.54) is 0 Å². The first-order valence-corrected chi connectivity index (χ1v) is 6.05. The van der Waals surface area contributed by atoms with E-state index in [4.69, 9.17) is 4.42 Å². The number of fused-ring (bicyclic) bond motifs is 2. The van der Waals surface area contributed by atoms with Crippen LogP contribution in [0.4, 0.5) is 8.78 Å². The van der Waals surface area contributed by atoms with Gasteiger partial charge in [-0.15, -0.1) is 0 Å². The first-order chi connectivity index (χ1) is 9.72. The second kappa shape index (κ2) is 3.96. The number of imidazole rings is 1. The fraction of sp³-hybridized carbons (Fsp3) is 0.154. The molecule has 0 bridgehead atoms. The van der Waals surface area contributed by atoms with Crippen LogP contribution in [-0.4, -0.2) is 27.2 Å². The monoisotopic (exact) mass is 274 g/mol. The number of hydrogen-bond acceptors (Lipinski definition) is 4. The number of nitrogens with zero attached hydrogens (tertiary/aromatic N) is 3. The van der Waals surface area contributed by atoms with Gasteiger partial charge in [-0.05, 0) is 0 Å². The smallest absolute Gasteiger partial charge is 0.248 e. The van der Waals surface area contributed by atoms with Crippen molar-refractivity contribution in [1.82, 2.24) is 15.0 Å². The maximum Gasteiger partial charge on any atom is 0.248 e. The average Bonchev–Trinajstić information content (AvgIpc) is 3.03. The minimum atomic E-state index is -0.756. The van der Waals surface area contributed by atoms with Gasteiger partial charge in [0.25, 0.3) is 0 Å². The van der Waals surface area contributed by atoms with Gasteiger partial charge in [0.1, 0.15) is 22.7 Å². The Bertz CT molecular complexity index is 849. The van der Waals surface area contributed by atoms with Crippen molar-refractivity contribution in [2.75, 3.05) is 6.54 Å². The molecule has 100 valence electrons. The van der Waals surface area contributed by atoms with Crippen LogP contribution < -0.4 is 0 Å². The van der Waals surface area contributed by atoms with E-state index in [1.807, 2.05) is 0 Å². The van der Waals surface area contributed by atoms with E-state index >= 15 is 0 Å². The predicted molar refractivity (Wildman–Crippen MR) is 66.7 cm³/mol. The Kier molecular flexibility index (Phi) is 2.23. The lowest BCUT2D eigenvalue weighted by atomic mass is 10.1. The van der Waals surface area contributed by atoms with Gasteiger partial charge in [-0.25, -0.2) is 18.7 Å². The van der Waals surface area contributed by atoms with E-state index < -0.39 is 11.6 Å². The number of aliphatic imine (C=N–C) groups is 1. The highest BCUT2D eigenvalue weighted by atomic mass is 19.1. The van der Waals surface area contributed by atoms with E-state index in [0.717, 1.165) is 24.2 Å². The van der Waals surface area contributed by atoms with E-state index in [-0.39, 0.29) is 17.0 Å². The molecule has 7 heteroatoms. The molecule has 0 spiro atoms. The quantitative estimate of drug-likeness (QED) is 0.739. The molecule has 20 heavy (non-hydrogen) atoms. The van der Waals surface area contributed by atoms with Crippen molar-refractivity contribution in [3.63, 3.8) is 0 Å². The number of aromatic nitrogens is 3. The molecule has 0 unspecified atom stereocenters. The van der Waals surface area contributed by atoms with Crippen LogP contribution in [-0.2, 0) is 6.42 Å². The fourth-order valence-electron chi connectivity index (χ4n) is 2.30. The van der Waals surface area contributed by atoms with Gasteiger partial charge in [0.05, 0.1) is 6.33 Å². The molecule has 0 aliphatic carbocycles. The Labute approximate surface area is 111 Å². The van der Waals surface area contributed by atoms with Crippen molar-refractivity contribution in [2.45, 2.75) is 6.42 Å². The lowest BCUT2D eigenvalue weighted by molar-refractivity contribution is 0.571. The molecule has 1 aliphatic rings. The molecule has 0 radical (unpaired) electrons. The Hall–Kier alpha value is -2.57. The third kappa shape index (κ3) is 1.56. The first kappa shape index (κ1) is 11.3. The molecule has 0 saturated heterocycles. The lowest BCUT2D eigenvalue weighted by Crippen LogP contribution is -2.14. The van der Waals surface area contributed by atoms with E-state index in [0.29, 0.717) is 18.0 Å². The van der Waals surface area contributed by atoms with Crippen molar-refractivity contribution >= 4 is 16.8 Å². The van der Waals surface area contributed by atoms with Crippen molar-refractivity contribution < 1.29 is 13.2 Å². The van der Waals surface area contributed by atoms with Gasteiger partial charge in [0, 0.05) is 30.8 Å². The van der Waals surface area contributed by atoms with Crippen LogP contribution in [0.3, 0.4) is 0 Å². The molecule has 1 N–H and O–H groups in total. The highest BCUT2D eigenvalue weighted by molar-refractivity contribution is 6.10. The minimum absolute atomic E-state index is 0.00763. The molecule has 2 aromatic heterocycles. The van der Waals surface area contributed by atoms with Crippen LogP contribution in [0.25, 0.3) is 11.1 Å². The Balaban J connectivity index is 1.92. The average molecular weight is 274 g/mol. The normalized spacial score (nSPS) is 14.4. The molecule has 0 fully saturated rings. The molecule has 0 amide bonds. The maximum absolute atomic E-state index is 13.6. The zero-order valence-electron chi connectivity index (χ0n) is 10.2. The number of aromatic amines is 1. The highest BCUT2D eigenvalue weighted by Gasteiger charge is 2.23. The summed E-state index contributed by atoms with van der Waals surface area (Å²) in [5.41, 5.74) is 2.09. The van der Waals surface area contributed by atoms with E-state index in [1.54, 1.807) is 6.33 Å². The number of rotatable bonds is 1. The number of oxazole rings is 1. The van der Waals surface area contributed by atoms with Gasteiger partial charge in [-0.1, -0.05) is 0 Å². The molecule has 3 heterocycles. The lowest BCUT2D eigenvalue weighted by Gasteiger charge is -2.08. The molecular weight excluding hydrogens is 266 g/mol. The fourth-order valence-corrected chi connectivity index (χ4v) is 2.30. The minimum Gasteiger partial charge on any atom is -0.434 e. The summed E-state index contributed by atoms with van der Waals surface area (Å²) < 4.78 is 32.2. The SMILES string of the molecule is Fc1cc(F)c2nc(C3=NCCc4[nH]cnc43)oc2c1. The summed E-state index contributed by atoms with van der Waals surface area (Å²) in [6.45, 7) is 0.570. The highest BCUT2D eigenvalue weighted by Crippen LogP contribution is 2.23. The van der Waals surface area contributed by atoms with E-state index in [9.17, 15) is 8.78 Å². The number of benzene rings is 1. The number of halogens is 2. The second-order valence-electron chi connectivity index (χ2n) is 4.46. The zero-order valence-corrected chi connectivity index (χ0v) is 10.2. The third-order valence-electron chi connectivity index (χ3n) is 3.19. The third-order valence-corrected chi connectivity index (χ3v) is 3.19. The van der Waals surface area contributed by atoms with Crippen molar-refractivity contribution in [3.8, 4) is 0 Å². The zero-order chi connectivity index (χ0) is 13.7. The number of H-pyrrole nitrogens is 1. The molecule has 1 aliphatic heterocycles. The summed E-state index contributed by atoms with van der Waals surface area (Å²) >= 11 is 0. The Morgan fingerprint density at radius 1 is 1.25 bits per heavy atom. The summed E-state index contributed by atoms with van der Waals surface area (Å²) in [5.74, 6) is -1.31. The number of hydrogen-bond donors (Lipinski definition) is 1. The van der Waals surface area contributed by atoms with Crippen LogP contribution in [0.5, 0.6) is 0 Å². The Morgan fingerprint density at radius 3 is 3.05 bits per heavy atom. The molecule has 0 atom stereocenters. The molecule has 5 nitrogen and oxygen atoms in total. The standard InChI is InChI=1S/C13H8F2N4O/c14-6-3-7(15)10-9(4-6)20-13(19-10)12-11-8(1-2-16-12)17-5-18-11/h3-5H,1-2H2,(H,17,18). The Morgan fingerprint density at radius 2 is 2.15 bits per heavy atom. The maximum atomic E-state index is 13.6. The van der Waals surface area contributed by atoms with Gasteiger partial charge < -0.3 is 9.40 Å². The number of nitrogens with one attached hydrogen (secondary N) is 1. The van der Waals surface area contributed by atoms with Gasteiger partial charge >= 0.3 is 0 Å². The topological polar surface area (TPSA) is 67.1 Å². The van der Waals surface area contributed by atoms with Crippen molar-refractivity contribution in [3.05, 3.63) is 47.4 Å². The summed E-state index contributed by atoms with van der Waals surface area (Å²) in [6, 6.07) is 1.88. The summed E-state index contributed by atoms with van der Waals surface area (Å²) in [5, 5.41) is 0. The van der Waals surface area contributed by atoms with E-state index in [2.05, 4.69) is 19.9 Å². The van der Waals surface area contributed by atoms with Crippen molar-refractivity contribution in [2.24, 2.45) is 4.99 Å². The van der Waals surface area contributed by atoms with Crippen LogP contribution in [0.15, 0.2) is 27.9 Å². The van der Waals surface area contributed by atoms with Crippen LogP contribution in [0.1, 0.15) is 17.3 Å². The van der Waals surface area contributed by atoms with Gasteiger partial charge in [0.2, 0.25) is 5.89 Å². The molecule has 1 aromatic carbocycles. The second-order valence-corrected chi connectivity index (χ2v) is 4.46. The molecule has 3 aromatic rings. The predicted octanol–water partition coefficient (Wildman–Crippen LogP) is 2.22. The first-order valence-electron chi connectivity index (χ1n) is 6.05. The van der Waals surface area contributed by atoms with Gasteiger partial charge in [0.15, 0.2) is 11.4 Å². The van der Waals surface area contributed by atoms with Gasteiger partial charge in [-0.3, -0.25) is 4.99 Å². The molecule has 0 saturated carbocycles. The molecular formula is C13H8F2N4O. The van der Waals surface area contributed by atoms with Crippen molar-refractivity contribution in [1.29, 1.82) is 0 Å². The van der Waals surface area contributed by atoms with Crippen LogP contribution in [0.2, 0.25) is 0 Å². The summed E-state index contributed by atoms with van der Waals surface area (Å²) in [4.78, 5) is 15.6. The largest absolute Gasteiger partial charge is 0.434 e. The summed E-state index contributed by atoms with van der Waals surface area (Å²) in [7, 11) is 0. The summed E-state index contributed by atoms with van der Waals surface area (Å²) in [6.07, 6.45) is 2.32.